The first-order chi connectivity index (χ1) is 6.67. The molecule has 3 heteroatoms. The lowest BCUT2D eigenvalue weighted by atomic mass is 10.1. The van der Waals surface area contributed by atoms with Crippen molar-refractivity contribution in [2.45, 2.75) is 48.8 Å². The summed E-state index contributed by atoms with van der Waals surface area (Å²) in [6.45, 7) is 5.76. The van der Waals surface area contributed by atoms with Crippen LogP contribution in [0.3, 0.4) is 0 Å². The van der Waals surface area contributed by atoms with E-state index in [1.807, 2.05) is 11.8 Å². The number of hydrogen-bond acceptors (Lipinski definition) is 2. The highest BCUT2D eigenvalue weighted by atomic mass is 127. The quantitative estimate of drug-likeness (QED) is 0.304. The molecule has 0 N–H and O–H groups in total. The zero-order chi connectivity index (χ0) is 10.4. The summed E-state index contributed by atoms with van der Waals surface area (Å²) in [4.78, 5) is 2.45. The number of rotatable bonds is 6. The second-order valence-electron chi connectivity index (χ2n) is 3.88. The van der Waals surface area contributed by atoms with Crippen molar-refractivity contribution in [3.05, 3.63) is 11.6 Å². The molecule has 0 aromatic carbocycles. The lowest BCUT2D eigenvalue weighted by Gasteiger charge is -2.29. The topological polar surface area (TPSA) is 3.24 Å². The molecule has 0 aromatic rings. The van der Waals surface area contributed by atoms with Gasteiger partial charge in [-0.15, -0.1) is 0 Å². The van der Waals surface area contributed by atoms with Crippen molar-refractivity contribution in [1.82, 2.24) is 4.90 Å². The number of alkyl halides is 1. The first-order valence-corrected chi connectivity index (χ1v) is 7.43. The number of nitrogens with zero attached hydrogens (tertiary/aromatic N) is 1. The monoisotopic (exact) mass is 325 g/mol. The Hall–Kier alpha value is 0.620. The molecule has 0 amide bonds. The van der Waals surface area contributed by atoms with Crippen molar-refractivity contribution in [3.8, 4) is 0 Å². The standard InChI is InChI=1S/C11H20INS/c1-3-4-5-6-7-8-13-9-10-14-11(13,2)12/h9-10H,3-8H2,1-2H3. The van der Waals surface area contributed by atoms with Gasteiger partial charge in [0.15, 0.2) is 0 Å². The summed E-state index contributed by atoms with van der Waals surface area (Å²) in [6.07, 6.45) is 9.09. The van der Waals surface area contributed by atoms with E-state index < -0.39 is 0 Å². The normalized spacial score (nSPS) is 26.1. The molecule has 14 heavy (non-hydrogen) atoms. The number of unbranched alkanes of at least 4 members (excludes halogenated alkanes) is 4. The average molecular weight is 325 g/mol. The van der Waals surface area contributed by atoms with E-state index in [1.54, 1.807) is 0 Å². The summed E-state index contributed by atoms with van der Waals surface area (Å²) < 4.78 is 0.266. The van der Waals surface area contributed by atoms with E-state index in [-0.39, 0.29) is 2.88 Å². The van der Waals surface area contributed by atoms with Crippen LogP contribution in [0.4, 0.5) is 0 Å². The molecule has 0 bridgehead atoms. The van der Waals surface area contributed by atoms with Gasteiger partial charge in [0.2, 0.25) is 0 Å². The summed E-state index contributed by atoms with van der Waals surface area (Å²) in [5.74, 6) is 0. The molecule has 1 atom stereocenters. The molecule has 1 rings (SSSR count). The Morgan fingerprint density at radius 1 is 1.29 bits per heavy atom. The Balaban J connectivity index is 2.09. The van der Waals surface area contributed by atoms with Gasteiger partial charge < -0.3 is 4.90 Å². The molecule has 0 aliphatic carbocycles. The Morgan fingerprint density at radius 3 is 2.57 bits per heavy atom. The van der Waals surface area contributed by atoms with Crippen molar-refractivity contribution < 1.29 is 0 Å². The molecule has 0 saturated heterocycles. The van der Waals surface area contributed by atoms with E-state index in [9.17, 15) is 0 Å². The van der Waals surface area contributed by atoms with Gasteiger partial charge in [-0.1, -0.05) is 44.4 Å². The molecule has 1 heterocycles. The third-order valence-electron chi connectivity index (χ3n) is 2.54. The fourth-order valence-electron chi connectivity index (χ4n) is 1.59. The Labute approximate surface area is 106 Å². The molecule has 0 saturated carbocycles. The average Bonchev–Trinajstić information content (AvgIpc) is 2.45. The molecular weight excluding hydrogens is 305 g/mol. The first kappa shape index (κ1) is 12.7. The highest BCUT2D eigenvalue weighted by Gasteiger charge is 2.29. The molecule has 0 fully saturated rings. The van der Waals surface area contributed by atoms with Crippen LogP contribution in [0.1, 0.15) is 46.0 Å². The minimum Gasteiger partial charge on any atom is -0.354 e. The third kappa shape index (κ3) is 4.01. The molecule has 1 aliphatic rings. The summed E-state index contributed by atoms with van der Waals surface area (Å²) in [7, 11) is 0. The summed E-state index contributed by atoms with van der Waals surface area (Å²) in [5.41, 5.74) is 0. The second-order valence-corrected chi connectivity index (χ2v) is 8.02. The van der Waals surface area contributed by atoms with Crippen LogP contribution in [0, 0.1) is 0 Å². The van der Waals surface area contributed by atoms with Crippen molar-refractivity contribution in [3.63, 3.8) is 0 Å². The van der Waals surface area contributed by atoms with Gasteiger partial charge in [0, 0.05) is 12.7 Å². The predicted molar refractivity (Wildman–Crippen MR) is 74.6 cm³/mol. The van der Waals surface area contributed by atoms with Gasteiger partial charge in [-0.3, -0.25) is 0 Å². The van der Waals surface area contributed by atoms with Crippen molar-refractivity contribution in [1.29, 1.82) is 0 Å². The fraction of sp³-hybridized carbons (Fsp3) is 0.818. The van der Waals surface area contributed by atoms with Crippen LogP contribution in [0.5, 0.6) is 0 Å². The maximum absolute atomic E-state index is 2.52. The Kier molecular flexibility index (Phi) is 5.67. The maximum atomic E-state index is 2.52. The van der Waals surface area contributed by atoms with E-state index in [1.165, 1.54) is 38.6 Å². The smallest absolute Gasteiger partial charge is 0.139 e. The highest BCUT2D eigenvalue weighted by molar-refractivity contribution is 14.1. The van der Waals surface area contributed by atoms with Crippen LogP contribution in [0.25, 0.3) is 0 Å². The number of thioether (sulfide) groups is 1. The van der Waals surface area contributed by atoms with Crippen LogP contribution in [-0.4, -0.2) is 14.3 Å². The number of hydrogen-bond donors (Lipinski definition) is 0. The first-order valence-electron chi connectivity index (χ1n) is 5.47. The van der Waals surface area contributed by atoms with E-state index in [0.29, 0.717) is 0 Å². The molecule has 1 unspecified atom stereocenters. The lowest BCUT2D eigenvalue weighted by molar-refractivity contribution is 0.351. The van der Waals surface area contributed by atoms with Gasteiger partial charge in [0.05, 0.1) is 0 Å². The van der Waals surface area contributed by atoms with E-state index in [0.717, 1.165) is 0 Å². The summed E-state index contributed by atoms with van der Waals surface area (Å²) in [6, 6.07) is 0. The summed E-state index contributed by atoms with van der Waals surface area (Å²) in [5, 5.41) is 2.21. The van der Waals surface area contributed by atoms with Crippen LogP contribution < -0.4 is 0 Å². The minimum atomic E-state index is 0.266. The van der Waals surface area contributed by atoms with Gasteiger partial charge in [0.1, 0.15) is 2.88 Å². The molecule has 1 nitrogen and oxygen atoms in total. The zero-order valence-corrected chi connectivity index (χ0v) is 12.1. The Bertz CT molecular complexity index is 192. The summed E-state index contributed by atoms with van der Waals surface area (Å²) >= 11 is 4.43. The van der Waals surface area contributed by atoms with Gasteiger partial charge in [-0.2, -0.15) is 0 Å². The molecule has 0 spiro atoms. The van der Waals surface area contributed by atoms with Crippen LogP contribution in [0.15, 0.2) is 11.6 Å². The predicted octanol–water partition coefficient (Wildman–Crippen LogP) is 4.59. The minimum absolute atomic E-state index is 0.266. The second kappa shape index (κ2) is 6.26. The van der Waals surface area contributed by atoms with Crippen molar-refractivity contribution in [2.24, 2.45) is 0 Å². The SMILES string of the molecule is CCCCCCCN1C=CSC1(C)I. The third-order valence-corrected chi connectivity index (χ3v) is 4.84. The molecule has 82 valence electrons. The van der Waals surface area contributed by atoms with E-state index in [4.69, 9.17) is 0 Å². The molecule has 0 aromatic heterocycles. The van der Waals surface area contributed by atoms with Gasteiger partial charge in [-0.05, 0) is 41.3 Å². The van der Waals surface area contributed by atoms with Crippen LogP contribution in [0.2, 0.25) is 0 Å². The van der Waals surface area contributed by atoms with Gasteiger partial charge in [-0.25, -0.2) is 0 Å². The maximum Gasteiger partial charge on any atom is 0.139 e. The lowest BCUT2D eigenvalue weighted by Crippen LogP contribution is -2.31. The fourth-order valence-corrected chi connectivity index (χ4v) is 3.17. The number of halogens is 1. The van der Waals surface area contributed by atoms with Crippen LogP contribution in [-0.2, 0) is 0 Å². The van der Waals surface area contributed by atoms with E-state index >= 15 is 0 Å². The highest BCUT2D eigenvalue weighted by Crippen LogP contribution is 2.42. The van der Waals surface area contributed by atoms with Crippen LogP contribution >= 0.6 is 34.4 Å². The zero-order valence-electron chi connectivity index (χ0n) is 9.13. The Morgan fingerprint density at radius 2 is 2.00 bits per heavy atom. The van der Waals surface area contributed by atoms with E-state index in [2.05, 4.69) is 52.9 Å². The largest absolute Gasteiger partial charge is 0.354 e. The van der Waals surface area contributed by atoms with Crippen molar-refractivity contribution in [2.75, 3.05) is 6.54 Å². The van der Waals surface area contributed by atoms with Gasteiger partial charge >= 0.3 is 0 Å². The van der Waals surface area contributed by atoms with Gasteiger partial charge in [0.25, 0.3) is 0 Å². The van der Waals surface area contributed by atoms with Crippen molar-refractivity contribution >= 4 is 34.4 Å². The molecule has 1 aliphatic heterocycles. The molecular formula is C11H20INS. The molecule has 0 radical (unpaired) electrons.